The van der Waals surface area contributed by atoms with Crippen LogP contribution in [0.15, 0.2) is 96.0 Å². The summed E-state index contributed by atoms with van der Waals surface area (Å²) < 4.78 is 2.25. The third kappa shape index (κ3) is 4.79. The molecular formula is C35H36N4. The van der Waals surface area contributed by atoms with Gasteiger partial charge in [0.15, 0.2) is 5.82 Å². The standard InChI is InChI=1S/C35H36N4/c1-34(2)19-27-20-35(3,24-34)38(22-27)25-37-33-30(21-36)31(28-15-9-5-10-16-28)32(29-17-11-6-12-18-29)39(33)23-26-13-7-4-8-14-26/h4-18,25,27H,19-20,22-24H2,1-3H3/t27-,35-/m0/s1. The van der Waals surface area contributed by atoms with Crippen molar-refractivity contribution in [2.24, 2.45) is 16.3 Å². The van der Waals surface area contributed by atoms with Crippen molar-refractivity contribution >= 4 is 12.2 Å². The lowest BCUT2D eigenvalue weighted by molar-refractivity contribution is 0.121. The van der Waals surface area contributed by atoms with Gasteiger partial charge in [0.2, 0.25) is 0 Å². The normalized spacial score (nSPS) is 21.8. The summed E-state index contributed by atoms with van der Waals surface area (Å²) >= 11 is 0. The molecule has 39 heavy (non-hydrogen) atoms. The molecule has 0 radical (unpaired) electrons. The highest BCUT2D eigenvalue weighted by molar-refractivity contribution is 5.91. The van der Waals surface area contributed by atoms with E-state index >= 15 is 0 Å². The lowest BCUT2D eigenvalue weighted by Crippen LogP contribution is -2.44. The third-order valence-corrected chi connectivity index (χ3v) is 8.54. The van der Waals surface area contributed by atoms with Gasteiger partial charge in [0, 0.05) is 24.2 Å². The largest absolute Gasteiger partial charge is 0.357 e. The van der Waals surface area contributed by atoms with Gasteiger partial charge in [-0.1, -0.05) is 105 Å². The molecule has 1 aliphatic heterocycles. The zero-order valence-corrected chi connectivity index (χ0v) is 23.1. The SMILES string of the molecule is CC1(C)C[C@@H]2CN(C=Nc3c(C#N)c(-c4ccccc4)c(-c4ccccc4)n3Cc3ccccc3)[C@@](C)(C2)C1. The number of aliphatic imine (C=N–C) groups is 1. The Labute approximate surface area is 232 Å². The van der Waals surface area contributed by atoms with E-state index in [1.807, 2.05) is 36.7 Å². The number of rotatable bonds is 6. The Morgan fingerprint density at radius 3 is 2.13 bits per heavy atom. The van der Waals surface area contributed by atoms with E-state index < -0.39 is 0 Å². The van der Waals surface area contributed by atoms with Crippen LogP contribution in [0.5, 0.6) is 0 Å². The van der Waals surface area contributed by atoms with Gasteiger partial charge in [0.1, 0.15) is 11.6 Å². The van der Waals surface area contributed by atoms with E-state index in [-0.39, 0.29) is 5.54 Å². The summed E-state index contributed by atoms with van der Waals surface area (Å²) in [6.07, 6.45) is 5.67. The number of hydrogen-bond acceptors (Lipinski definition) is 2. The second-order valence-corrected chi connectivity index (χ2v) is 12.3. The van der Waals surface area contributed by atoms with Gasteiger partial charge in [-0.15, -0.1) is 0 Å². The topological polar surface area (TPSA) is 44.3 Å². The molecule has 0 spiro atoms. The Morgan fingerprint density at radius 2 is 1.49 bits per heavy atom. The molecule has 2 heterocycles. The molecular weight excluding hydrogens is 476 g/mol. The van der Waals surface area contributed by atoms with Gasteiger partial charge in [-0.05, 0) is 54.2 Å². The number of hydrogen-bond donors (Lipinski definition) is 0. The highest BCUT2D eigenvalue weighted by Gasteiger charge is 2.49. The van der Waals surface area contributed by atoms with Gasteiger partial charge in [-0.2, -0.15) is 5.26 Å². The molecule has 2 fully saturated rings. The fourth-order valence-corrected chi connectivity index (χ4v) is 7.36. The molecule has 196 valence electrons. The van der Waals surface area contributed by atoms with Crippen LogP contribution in [0.25, 0.3) is 22.4 Å². The predicted octanol–water partition coefficient (Wildman–Crippen LogP) is 8.30. The van der Waals surface area contributed by atoms with Crippen LogP contribution in [0.1, 0.15) is 51.2 Å². The van der Waals surface area contributed by atoms with Gasteiger partial charge in [-0.25, -0.2) is 4.99 Å². The number of benzene rings is 3. The lowest BCUT2D eigenvalue weighted by atomic mass is 9.67. The maximum atomic E-state index is 10.6. The van der Waals surface area contributed by atoms with E-state index in [1.54, 1.807) is 0 Å². The van der Waals surface area contributed by atoms with Crippen molar-refractivity contribution in [2.75, 3.05) is 6.54 Å². The lowest BCUT2D eigenvalue weighted by Gasteiger charge is -2.42. The molecule has 0 amide bonds. The molecule has 2 bridgehead atoms. The minimum atomic E-state index is 0.101. The van der Waals surface area contributed by atoms with Crippen LogP contribution in [0.4, 0.5) is 5.82 Å². The van der Waals surface area contributed by atoms with E-state index in [4.69, 9.17) is 4.99 Å². The number of fused-ring (bicyclic) bond motifs is 2. The summed E-state index contributed by atoms with van der Waals surface area (Å²) in [6, 6.07) is 33.7. The molecule has 1 saturated carbocycles. The van der Waals surface area contributed by atoms with Crippen LogP contribution in [0.2, 0.25) is 0 Å². The number of nitrogens with zero attached hydrogens (tertiary/aromatic N) is 4. The minimum Gasteiger partial charge on any atom is -0.357 e. The molecule has 6 rings (SSSR count). The highest BCUT2D eigenvalue weighted by atomic mass is 15.3. The quantitative estimate of drug-likeness (QED) is 0.193. The summed E-state index contributed by atoms with van der Waals surface area (Å²) in [6.45, 7) is 8.84. The second kappa shape index (κ2) is 9.89. The molecule has 1 aromatic heterocycles. The Bertz CT molecular complexity index is 1530. The van der Waals surface area contributed by atoms with Crippen molar-refractivity contribution in [1.29, 1.82) is 5.26 Å². The average Bonchev–Trinajstić information content (AvgIpc) is 3.37. The van der Waals surface area contributed by atoms with E-state index in [0.29, 0.717) is 23.4 Å². The number of likely N-dealkylation sites (tertiary alicyclic amines) is 1. The summed E-state index contributed by atoms with van der Waals surface area (Å²) in [5, 5.41) is 10.6. The first-order valence-electron chi connectivity index (χ1n) is 14.0. The maximum absolute atomic E-state index is 10.6. The monoisotopic (exact) mass is 512 g/mol. The van der Waals surface area contributed by atoms with Crippen LogP contribution < -0.4 is 0 Å². The molecule has 4 aromatic rings. The van der Waals surface area contributed by atoms with E-state index in [9.17, 15) is 5.26 Å². The van der Waals surface area contributed by atoms with Crippen molar-refractivity contribution in [3.05, 3.63) is 102 Å². The van der Waals surface area contributed by atoms with Crippen molar-refractivity contribution in [3.8, 4) is 28.5 Å². The molecule has 2 aliphatic rings. The summed E-state index contributed by atoms with van der Waals surface area (Å²) in [5.41, 5.74) is 6.33. The minimum absolute atomic E-state index is 0.101. The van der Waals surface area contributed by atoms with Gasteiger partial charge >= 0.3 is 0 Å². The first-order valence-corrected chi connectivity index (χ1v) is 14.0. The summed E-state index contributed by atoms with van der Waals surface area (Å²) in [5.74, 6) is 1.42. The molecule has 4 heteroatoms. The molecule has 0 N–H and O–H groups in total. The summed E-state index contributed by atoms with van der Waals surface area (Å²) in [7, 11) is 0. The molecule has 1 aliphatic carbocycles. The Balaban J connectivity index is 1.55. The smallest absolute Gasteiger partial charge is 0.153 e. The molecule has 4 nitrogen and oxygen atoms in total. The fourth-order valence-electron chi connectivity index (χ4n) is 7.36. The zero-order chi connectivity index (χ0) is 27.0. The van der Waals surface area contributed by atoms with E-state index in [0.717, 1.165) is 41.2 Å². The fraction of sp³-hybridized carbons (Fsp3) is 0.314. The third-order valence-electron chi connectivity index (χ3n) is 8.54. The second-order valence-electron chi connectivity index (χ2n) is 12.3. The Kier molecular flexibility index (Phi) is 6.39. The molecule has 3 aromatic carbocycles. The highest BCUT2D eigenvalue weighted by Crippen LogP contribution is 2.51. The van der Waals surface area contributed by atoms with Gasteiger partial charge in [-0.3, -0.25) is 0 Å². The number of nitriles is 1. The predicted molar refractivity (Wildman–Crippen MR) is 160 cm³/mol. The van der Waals surface area contributed by atoms with E-state index in [1.165, 1.54) is 18.4 Å². The van der Waals surface area contributed by atoms with Crippen molar-refractivity contribution in [3.63, 3.8) is 0 Å². The van der Waals surface area contributed by atoms with Crippen molar-refractivity contribution in [2.45, 2.75) is 52.1 Å². The molecule has 2 atom stereocenters. The number of aromatic nitrogens is 1. The van der Waals surface area contributed by atoms with Gasteiger partial charge in [0.05, 0.1) is 12.0 Å². The molecule has 0 unspecified atom stereocenters. The van der Waals surface area contributed by atoms with Crippen LogP contribution in [-0.2, 0) is 6.54 Å². The zero-order valence-electron chi connectivity index (χ0n) is 23.1. The van der Waals surface area contributed by atoms with Crippen LogP contribution in [0.3, 0.4) is 0 Å². The first kappa shape index (κ1) is 25.2. The van der Waals surface area contributed by atoms with Crippen LogP contribution >= 0.6 is 0 Å². The van der Waals surface area contributed by atoms with E-state index in [2.05, 4.69) is 97.0 Å². The Hall–Kier alpha value is -4.10. The maximum Gasteiger partial charge on any atom is 0.153 e. The average molecular weight is 513 g/mol. The Morgan fingerprint density at radius 1 is 0.872 bits per heavy atom. The molecule has 1 saturated heterocycles. The summed E-state index contributed by atoms with van der Waals surface area (Å²) in [4.78, 5) is 7.64. The van der Waals surface area contributed by atoms with Crippen molar-refractivity contribution < 1.29 is 0 Å². The van der Waals surface area contributed by atoms with Gasteiger partial charge in [0.25, 0.3) is 0 Å². The van der Waals surface area contributed by atoms with Crippen LogP contribution in [0, 0.1) is 22.7 Å². The van der Waals surface area contributed by atoms with Crippen molar-refractivity contribution in [1.82, 2.24) is 9.47 Å². The van der Waals surface area contributed by atoms with Gasteiger partial charge < -0.3 is 9.47 Å². The first-order chi connectivity index (χ1) is 18.9. The van der Waals surface area contributed by atoms with Crippen LogP contribution in [-0.4, -0.2) is 27.9 Å².